The number of fused-ring (bicyclic) bond motifs is 3. The van der Waals surface area contributed by atoms with Gasteiger partial charge in [0.1, 0.15) is 46.8 Å². The van der Waals surface area contributed by atoms with E-state index in [2.05, 4.69) is 114 Å². The SMILES string of the molecule is CC1(C)O[C@@H](C(O)(c2ccccc2)c2ccccc2)[C@H](C(O)(c2ccccc2)c2ccccc2)O1.CC1(C)O[C@@H](C(O)(c2ccccc2)c2ccccc2)[C@H](C(O)(c2ccccc2)c2ccccc2)O1.[Se]=C(c1ccccc1)N1CCCc2ccc3c(c21)N(C(=[Se])c1ccccc1)CCC3. The van der Waals surface area contributed by atoms with Crippen molar-refractivity contribution in [3.8, 4) is 0 Å². The van der Waals surface area contributed by atoms with E-state index in [1.807, 2.05) is 270 Å². The molecule has 0 saturated carbocycles. The molecule has 11 aromatic rings. The molecule has 100 heavy (non-hydrogen) atoms. The second kappa shape index (κ2) is 30.0. The third-order valence-corrected chi connectivity index (χ3v) is 21.5. The fraction of sp³-hybridized carbons (Fsp3) is 0.227. The first-order valence-corrected chi connectivity index (χ1v) is 36.1. The Morgan fingerprint density at radius 1 is 0.300 bits per heavy atom. The molecule has 11 aromatic carbocycles. The summed E-state index contributed by atoms with van der Waals surface area (Å²) in [5, 5.41) is 50.4. The van der Waals surface area contributed by atoms with Crippen molar-refractivity contribution in [1.29, 1.82) is 0 Å². The van der Waals surface area contributed by atoms with Gasteiger partial charge in [-0.05, 0) is 72.2 Å². The summed E-state index contributed by atoms with van der Waals surface area (Å²) in [6, 6.07) is 102. The second-order valence-electron chi connectivity index (χ2n) is 26.9. The summed E-state index contributed by atoms with van der Waals surface area (Å²) < 4.78 is 28.4. The molecule has 0 amide bonds. The normalized spacial score (nSPS) is 18.6. The van der Waals surface area contributed by atoms with Gasteiger partial charge in [-0.1, -0.05) is 243 Å². The molecule has 15 rings (SSSR count). The van der Waals surface area contributed by atoms with Crippen molar-refractivity contribution in [3.63, 3.8) is 0 Å². The predicted octanol–water partition coefficient (Wildman–Crippen LogP) is 14.6. The van der Waals surface area contributed by atoms with Crippen LogP contribution in [-0.4, -0.2) is 110 Å². The fourth-order valence-electron chi connectivity index (χ4n) is 14.9. The summed E-state index contributed by atoms with van der Waals surface area (Å²) in [7, 11) is 0. The van der Waals surface area contributed by atoms with Gasteiger partial charge in [0.25, 0.3) is 0 Å². The maximum atomic E-state index is 12.6. The Morgan fingerprint density at radius 3 is 0.670 bits per heavy atom. The van der Waals surface area contributed by atoms with Crippen molar-refractivity contribution in [2.24, 2.45) is 0 Å². The summed E-state index contributed by atoms with van der Waals surface area (Å²) in [5.74, 6) is -2.10. The molecule has 2 fully saturated rings. The van der Waals surface area contributed by atoms with Crippen molar-refractivity contribution in [3.05, 3.63) is 382 Å². The van der Waals surface area contributed by atoms with Crippen molar-refractivity contribution in [2.75, 3.05) is 22.9 Å². The molecule has 10 nitrogen and oxygen atoms in total. The number of aliphatic hydroxyl groups is 4. The molecule has 0 unspecified atom stereocenters. The van der Waals surface area contributed by atoms with Crippen LogP contribution in [0.25, 0.3) is 0 Å². The van der Waals surface area contributed by atoms with E-state index in [1.165, 1.54) is 55.6 Å². The quantitative estimate of drug-likeness (QED) is 0.0695. The average molecular weight is 1460 g/mol. The second-order valence-corrected chi connectivity index (χ2v) is 28.5. The molecule has 2 saturated heterocycles. The summed E-state index contributed by atoms with van der Waals surface area (Å²) >= 11 is 6.79. The molecule has 4 aliphatic heterocycles. The van der Waals surface area contributed by atoms with Gasteiger partial charge in [-0.3, -0.25) is 0 Å². The number of hydrogen-bond acceptors (Lipinski definition) is 10. The maximum absolute atomic E-state index is 12.6. The molecule has 0 bridgehead atoms. The number of rotatable bonds is 16. The van der Waals surface area contributed by atoms with E-state index in [0.29, 0.717) is 44.5 Å². The van der Waals surface area contributed by atoms with Crippen LogP contribution in [0.15, 0.2) is 315 Å². The van der Waals surface area contributed by atoms with Gasteiger partial charge in [0, 0.05) is 0 Å². The van der Waals surface area contributed by atoms with E-state index in [9.17, 15) is 20.4 Å². The van der Waals surface area contributed by atoms with Crippen molar-refractivity contribution in [1.82, 2.24) is 0 Å². The third kappa shape index (κ3) is 13.9. The Labute approximate surface area is 603 Å². The molecule has 0 radical (unpaired) electrons. The van der Waals surface area contributed by atoms with Crippen LogP contribution in [0.4, 0.5) is 11.4 Å². The summed E-state index contributed by atoms with van der Waals surface area (Å²) in [6.07, 6.45) is 0.891. The fourth-order valence-corrected chi connectivity index (χ4v) is 16.2. The molecular formula is C88H84N2O8Se2. The first-order valence-electron chi connectivity index (χ1n) is 34.4. The first kappa shape index (κ1) is 69.9. The zero-order valence-corrected chi connectivity index (χ0v) is 60.1. The molecule has 4 aliphatic rings. The van der Waals surface area contributed by atoms with Gasteiger partial charge < -0.3 is 39.4 Å². The van der Waals surface area contributed by atoms with Crippen molar-refractivity contribution >= 4 is 51.6 Å². The number of benzene rings is 11. The summed E-state index contributed by atoms with van der Waals surface area (Å²) in [5.41, 5.74) is 7.06. The standard InChI is InChI=1S/2C31H30O4.C26H24N2Se2/c2*1-29(2)34-27(30(32,23-15-7-3-8-16-23)24-17-9-4-10-18-24)28(35-29)31(33,25-19-11-5-12-20-25)26-21-13-6-14-22-26;29-25(21-9-3-1-4-10-21)27-17-7-13-19-15-16-20-14-8-18-28(24(20)23(19)27)26(30)22-11-5-2-6-12-22/h2*3-22,27-28,32-33H,1-2H3;1-6,9-12,15-16H,7-8,13-14,17-18H2/t2*27-,28-;/m11./s1. The monoisotopic (exact) mass is 1460 g/mol. The molecule has 4 atom stereocenters. The van der Waals surface area contributed by atoms with Crippen LogP contribution < -0.4 is 9.80 Å². The van der Waals surface area contributed by atoms with Crippen LogP contribution in [0.3, 0.4) is 0 Å². The molecule has 0 spiro atoms. The van der Waals surface area contributed by atoms with Gasteiger partial charge in [0.05, 0.1) is 0 Å². The van der Waals surface area contributed by atoms with E-state index in [0.717, 1.165) is 25.9 Å². The van der Waals surface area contributed by atoms with E-state index in [1.54, 1.807) is 0 Å². The number of hydrogen-bond donors (Lipinski definition) is 4. The molecule has 4 N–H and O–H groups in total. The number of anilines is 2. The Kier molecular flexibility index (Phi) is 21.0. The Bertz CT molecular complexity index is 3860. The number of ether oxygens (including phenoxy) is 4. The molecule has 0 aliphatic carbocycles. The molecular weight excluding hydrogens is 1370 g/mol. The predicted molar refractivity (Wildman–Crippen MR) is 402 cm³/mol. The van der Waals surface area contributed by atoms with Crippen LogP contribution >= 0.6 is 0 Å². The summed E-state index contributed by atoms with van der Waals surface area (Å²) in [6.45, 7) is 9.34. The van der Waals surface area contributed by atoms with Gasteiger partial charge in [-0.15, -0.1) is 0 Å². The zero-order chi connectivity index (χ0) is 69.5. The number of nitrogens with zero attached hydrogens (tertiary/aromatic N) is 2. The Morgan fingerprint density at radius 2 is 0.480 bits per heavy atom. The van der Waals surface area contributed by atoms with Gasteiger partial charge in [0.2, 0.25) is 0 Å². The average Bonchev–Trinajstić information content (AvgIpc) is 1.52. The molecule has 4 heterocycles. The van der Waals surface area contributed by atoms with Crippen LogP contribution in [0.1, 0.15) is 107 Å². The van der Waals surface area contributed by atoms with E-state index >= 15 is 0 Å². The molecule has 12 heteroatoms. The van der Waals surface area contributed by atoms with E-state index in [-0.39, 0.29) is 0 Å². The Balaban J connectivity index is 0.000000135. The topological polar surface area (TPSA) is 124 Å². The third-order valence-electron chi connectivity index (χ3n) is 19.6. The van der Waals surface area contributed by atoms with Crippen molar-refractivity contribution in [2.45, 2.75) is 112 Å². The zero-order valence-electron chi connectivity index (χ0n) is 56.7. The summed E-state index contributed by atoms with van der Waals surface area (Å²) in [4.78, 5) is 5.03. The van der Waals surface area contributed by atoms with Gasteiger partial charge in [0.15, 0.2) is 11.6 Å². The molecule has 0 aromatic heterocycles. The van der Waals surface area contributed by atoms with Crippen LogP contribution in [-0.2, 0) is 54.2 Å². The van der Waals surface area contributed by atoms with Gasteiger partial charge in [-0.25, -0.2) is 0 Å². The van der Waals surface area contributed by atoms with Crippen LogP contribution in [0.2, 0.25) is 0 Å². The van der Waals surface area contributed by atoms with Crippen LogP contribution in [0, 0.1) is 0 Å². The Hall–Kier alpha value is -8.52. The minimum atomic E-state index is -1.60. The first-order chi connectivity index (χ1) is 48.4. The van der Waals surface area contributed by atoms with E-state index < -0.39 is 58.4 Å². The molecule has 506 valence electrons. The van der Waals surface area contributed by atoms with Gasteiger partial charge >= 0.3 is 195 Å². The van der Waals surface area contributed by atoms with Crippen LogP contribution in [0.5, 0.6) is 0 Å². The van der Waals surface area contributed by atoms with Crippen molar-refractivity contribution < 1.29 is 39.4 Å². The minimum absolute atomic E-state index is 0.658. The van der Waals surface area contributed by atoms with Gasteiger partial charge in [-0.2, -0.15) is 0 Å². The van der Waals surface area contributed by atoms with E-state index in [4.69, 9.17) is 18.9 Å². The number of aryl methyl sites for hydroxylation is 2.